The molecule has 4 nitrogen and oxygen atoms in total. The number of aryl methyl sites for hydroxylation is 1. The average molecular weight is 289 g/mol. The number of nitrogens with two attached hydrogens (primary N) is 1. The van der Waals surface area contributed by atoms with Crippen molar-refractivity contribution in [3.8, 4) is 0 Å². The molecule has 0 amide bonds. The van der Waals surface area contributed by atoms with Crippen LogP contribution in [0.3, 0.4) is 0 Å². The van der Waals surface area contributed by atoms with Gasteiger partial charge >= 0.3 is 0 Å². The maximum atomic E-state index is 11.5. The van der Waals surface area contributed by atoms with E-state index in [2.05, 4.69) is 5.43 Å². The van der Waals surface area contributed by atoms with Gasteiger partial charge in [-0.1, -0.05) is 23.7 Å². The normalized spacial score (nSPS) is 24.1. The van der Waals surface area contributed by atoms with Gasteiger partial charge in [0, 0.05) is 11.1 Å². The summed E-state index contributed by atoms with van der Waals surface area (Å²) in [5, 5.41) is 0.675. The number of hydrogen-bond acceptors (Lipinski definition) is 4. The molecule has 6 heteroatoms. The largest absolute Gasteiger partial charge is 0.271 e. The number of sulfone groups is 1. The molecule has 1 aliphatic heterocycles. The van der Waals surface area contributed by atoms with Gasteiger partial charge in [-0.2, -0.15) is 0 Å². The maximum absolute atomic E-state index is 11.5. The summed E-state index contributed by atoms with van der Waals surface area (Å²) in [4.78, 5) is 0. The Morgan fingerprint density at radius 3 is 2.72 bits per heavy atom. The molecule has 0 aromatic heterocycles. The Kier molecular flexibility index (Phi) is 3.96. The van der Waals surface area contributed by atoms with Gasteiger partial charge in [0.05, 0.1) is 11.5 Å². The molecule has 0 aliphatic carbocycles. The van der Waals surface area contributed by atoms with E-state index in [-0.39, 0.29) is 23.5 Å². The lowest BCUT2D eigenvalue weighted by Gasteiger charge is -2.22. The summed E-state index contributed by atoms with van der Waals surface area (Å²) in [5.41, 5.74) is 4.66. The van der Waals surface area contributed by atoms with E-state index in [0.29, 0.717) is 11.4 Å². The number of rotatable bonds is 3. The predicted octanol–water partition coefficient (Wildman–Crippen LogP) is 1.59. The van der Waals surface area contributed by atoms with Crippen LogP contribution in [-0.4, -0.2) is 19.9 Å². The number of hydrazine groups is 1. The first-order valence-electron chi connectivity index (χ1n) is 5.85. The minimum atomic E-state index is -2.91. The smallest absolute Gasteiger partial charge is 0.150 e. The van der Waals surface area contributed by atoms with E-state index in [1.807, 2.05) is 25.1 Å². The molecule has 1 aromatic rings. The van der Waals surface area contributed by atoms with E-state index >= 15 is 0 Å². The van der Waals surface area contributed by atoms with Crippen LogP contribution in [0, 0.1) is 12.8 Å². The predicted molar refractivity (Wildman–Crippen MR) is 73.0 cm³/mol. The zero-order valence-electron chi connectivity index (χ0n) is 10.2. The van der Waals surface area contributed by atoms with Crippen molar-refractivity contribution >= 4 is 21.4 Å². The minimum Gasteiger partial charge on any atom is -0.271 e. The lowest BCUT2D eigenvalue weighted by atomic mass is 9.92. The van der Waals surface area contributed by atoms with Gasteiger partial charge in [0.25, 0.3) is 0 Å². The SMILES string of the molecule is Cc1ccc(C(NN)C2CCS(=O)(=O)C2)cc1Cl. The lowest BCUT2D eigenvalue weighted by Crippen LogP contribution is -2.34. The van der Waals surface area contributed by atoms with Crippen LogP contribution < -0.4 is 11.3 Å². The van der Waals surface area contributed by atoms with Crippen molar-refractivity contribution in [3.63, 3.8) is 0 Å². The molecule has 0 radical (unpaired) electrons. The fraction of sp³-hybridized carbons (Fsp3) is 0.500. The highest BCUT2D eigenvalue weighted by Crippen LogP contribution is 2.32. The van der Waals surface area contributed by atoms with Gasteiger partial charge in [0.2, 0.25) is 0 Å². The van der Waals surface area contributed by atoms with Crippen molar-refractivity contribution in [2.45, 2.75) is 19.4 Å². The van der Waals surface area contributed by atoms with Crippen molar-refractivity contribution in [3.05, 3.63) is 34.3 Å². The van der Waals surface area contributed by atoms with E-state index in [1.165, 1.54) is 0 Å². The van der Waals surface area contributed by atoms with Crippen molar-refractivity contribution in [2.24, 2.45) is 11.8 Å². The van der Waals surface area contributed by atoms with Gasteiger partial charge in [0.1, 0.15) is 0 Å². The summed E-state index contributed by atoms with van der Waals surface area (Å²) >= 11 is 6.09. The average Bonchev–Trinajstić information content (AvgIpc) is 2.65. The second-order valence-electron chi connectivity index (χ2n) is 4.82. The number of benzene rings is 1. The van der Waals surface area contributed by atoms with E-state index in [1.54, 1.807) is 0 Å². The Morgan fingerprint density at radius 1 is 1.50 bits per heavy atom. The molecule has 2 atom stereocenters. The van der Waals surface area contributed by atoms with E-state index in [9.17, 15) is 8.42 Å². The van der Waals surface area contributed by atoms with Gasteiger partial charge in [-0.05, 0) is 36.5 Å². The van der Waals surface area contributed by atoms with Crippen LogP contribution in [-0.2, 0) is 9.84 Å². The third kappa shape index (κ3) is 2.85. The van der Waals surface area contributed by atoms with Gasteiger partial charge in [0.15, 0.2) is 9.84 Å². The molecule has 0 spiro atoms. The Morgan fingerprint density at radius 2 is 2.22 bits per heavy atom. The Labute approximate surface area is 112 Å². The summed E-state index contributed by atoms with van der Waals surface area (Å²) < 4.78 is 23.0. The Hall–Kier alpha value is -0.620. The molecule has 18 heavy (non-hydrogen) atoms. The lowest BCUT2D eigenvalue weighted by molar-refractivity contribution is 0.399. The van der Waals surface area contributed by atoms with Crippen LogP contribution in [0.4, 0.5) is 0 Å². The quantitative estimate of drug-likeness (QED) is 0.654. The molecule has 1 fully saturated rings. The summed E-state index contributed by atoms with van der Waals surface area (Å²) in [5.74, 6) is 6.02. The molecule has 100 valence electrons. The second-order valence-corrected chi connectivity index (χ2v) is 7.45. The van der Waals surface area contributed by atoms with Crippen LogP contribution in [0.15, 0.2) is 18.2 Å². The van der Waals surface area contributed by atoms with Crippen LogP contribution >= 0.6 is 11.6 Å². The van der Waals surface area contributed by atoms with Crippen LogP contribution in [0.1, 0.15) is 23.6 Å². The fourth-order valence-corrected chi connectivity index (χ4v) is 4.42. The summed E-state index contributed by atoms with van der Waals surface area (Å²) in [6.45, 7) is 1.93. The molecule has 2 unspecified atom stereocenters. The van der Waals surface area contributed by atoms with Crippen molar-refractivity contribution in [1.29, 1.82) is 0 Å². The molecule has 1 aromatic carbocycles. The monoisotopic (exact) mass is 288 g/mol. The Bertz CT molecular complexity index is 545. The summed E-state index contributed by atoms with van der Waals surface area (Å²) in [6, 6.07) is 5.55. The number of nitrogens with one attached hydrogen (secondary N) is 1. The standard InChI is InChI=1S/C12H17ClN2O2S/c1-8-2-3-9(6-11(8)13)12(15-14)10-4-5-18(16,17)7-10/h2-3,6,10,12,15H,4-5,7,14H2,1H3. The molecule has 0 saturated carbocycles. The fourth-order valence-electron chi connectivity index (χ4n) is 2.39. The first-order chi connectivity index (χ1) is 8.43. The van der Waals surface area contributed by atoms with Gasteiger partial charge < -0.3 is 0 Å². The van der Waals surface area contributed by atoms with Crippen molar-refractivity contribution in [1.82, 2.24) is 5.43 Å². The first kappa shape index (κ1) is 13.8. The highest BCUT2D eigenvalue weighted by molar-refractivity contribution is 7.91. The van der Waals surface area contributed by atoms with Gasteiger partial charge in [-0.25, -0.2) is 8.42 Å². The van der Waals surface area contributed by atoms with Crippen LogP contribution in [0.25, 0.3) is 0 Å². The van der Waals surface area contributed by atoms with Gasteiger partial charge in [-0.3, -0.25) is 11.3 Å². The molecule has 1 saturated heterocycles. The van der Waals surface area contributed by atoms with E-state index in [4.69, 9.17) is 17.4 Å². The first-order valence-corrected chi connectivity index (χ1v) is 8.05. The highest BCUT2D eigenvalue weighted by atomic mass is 35.5. The summed E-state index contributed by atoms with van der Waals surface area (Å²) in [6.07, 6.45) is 0.642. The molecular weight excluding hydrogens is 272 g/mol. The number of halogens is 1. The topological polar surface area (TPSA) is 72.2 Å². The highest BCUT2D eigenvalue weighted by Gasteiger charge is 2.34. The zero-order chi connectivity index (χ0) is 13.3. The molecule has 1 aliphatic rings. The third-order valence-electron chi connectivity index (χ3n) is 3.47. The second kappa shape index (κ2) is 5.17. The van der Waals surface area contributed by atoms with Gasteiger partial charge in [-0.15, -0.1) is 0 Å². The zero-order valence-corrected chi connectivity index (χ0v) is 11.8. The maximum Gasteiger partial charge on any atom is 0.150 e. The number of hydrogen-bond donors (Lipinski definition) is 2. The third-order valence-corrected chi connectivity index (χ3v) is 5.67. The molecular formula is C12H17ClN2O2S. The van der Waals surface area contributed by atoms with Crippen molar-refractivity contribution in [2.75, 3.05) is 11.5 Å². The van der Waals surface area contributed by atoms with Crippen LogP contribution in [0.5, 0.6) is 0 Å². The van der Waals surface area contributed by atoms with Crippen LogP contribution in [0.2, 0.25) is 5.02 Å². The minimum absolute atomic E-state index is 0.0128. The molecule has 2 rings (SSSR count). The molecule has 3 N–H and O–H groups in total. The van der Waals surface area contributed by atoms with Crippen molar-refractivity contribution < 1.29 is 8.42 Å². The Balaban J connectivity index is 2.26. The molecule has 0 bridgehead atoms. The van der Waals surface area contributed by atoms with E-state index < -0.39 is 9.84 Å². The summed E-state index contributed by atoms with van der Waals surface area (Å²) in [7, 11) is -2.91. The molecule has 1 heterocycles. The van der Waals surface area contributed by atoms with E-state index in [0.717, 1.165) is 11.1 Å².